The summed E-state index contributed by atoms with van der Waals surface area (Å²) in [5.41, 5.74) is 2.32. The number of nitrogens with zero attached hydrogens (tertiary/aromatic N) is 1. The van der Waals surface area contributed by atoms with Crippen LogP contribution in [-0.2, 0) is 27.1 Å². The van der Waals surface area contributed by atoms with Crippen molar-refractivity contribution < 1.29 is 28.3 Å². The molecule has 0 fully saturated rings. The van der Waals surface area contributed by atoms with Gasteiger partial charge in [-0.15, -0.1) is 11.3 Å². The number of hydrogen-bond acceptors (Lipinski definition) is 8. The molecule has 40 heavy (non-hydrogen) atoms. The number of fused-ring (bicyclic) bond motifs is 1. The first-order valence-electron chi connectivity index (χ1n) is 13.5. The van der Waals surface area contributed by atoms with Crippen molar-refractivity contribution in [1.82, 2.24) is 0 Å². The van der Waals surface area contributed by atoms with Crippen molar-refractivity contribution in [3.05, 3.63) is 69.3 Å². The predicted molar refractivity (Wildman–Crippen MR) is 153 cm³/mol. The summed E-state index contributed by atoms with van der Waals surface area (Å²) in [7, 11) is 0. The molecule has 0 bridgehead atoms. The van der Waals surface area contributed by atoms with Gasteiger partial charge < -0.3 is 19.2 Å². The Hall–Kier alpha value is -4.16. The van der Waals surface area contributed by atoms with Gasteiger partial charge >= 0.3 is 11.9 Å². The molecule has 1 unspecified atom stereocenters. The summed E-state index contributed by atoms with van der Waals surface area (Å²) in [6, 6.07) is 12.1. The molecule has 0 aliphatic heterocycles. The summed E-state index contributed by atoms with van der Waals surface area (Å²) in [6.45, 7) is 6.54. The quantitative estimate of drug-likeness (QED) is 0.125. The summed E-state index contributed by atoms with van der Waals surface area (Å²) in [4.78, 5) is 39.1. The highest BCUT2D eigenvalue weighted by atomic mass is 32.1. The lowest BCUT2D eigenvalue weighted by atomic mass is 9.88. The number of esters is 2. The Morgan fingerprint density at radius 1 is 1.12 bits per heavy atom. The van der Waals surface area contributed by atoms with Gasteiger partial charge in [-0.2, -0.15) is 5.26 Å². The molecule has 3 aromatic rings. The van der Waals surface area contributed by atoms with Crippen LogP contribution in [0.25, 0.3) is 17.4 Å². The second kappa shape index (κ2) is 13.3. The average Bonchev–Trinajstić information content (AvgIpc) is 3.56. The van der Waals surface area contributed by atoms with Crippen LogP contribution in [-0.4, -0.2) is 31.1 Å². The minimum absolute atomic E-state index is 0.166. The Labute approximate surface area is 237 Å². The summed E-state index contributed by atoms with van der Waals surface area (Å²) < 4.78 is 16.4. The van der Waals surface area contributed by atoms with Gasteiger partial charge in [0.15, 0.2) is 0 Å². The molecule has 9 heteroatoms. The van der Waals surface area contributed by atoms with E-state index in [0.717, 1.165) is 48.1 Å². The predicted octanol–water partition coefficient (Wildman–Crippen LogP) is 6.81. The van der Waals surface area contributed by atoms with Gasteiger partial charge in [-0.05, 0) is 68.4 Å². The van der Waals surface area contributed by atoms with E-state index in [2.05, 4.69) is 12.2 Å². The third-order valence-corrected chi connectivity index (χ3v) is 7.80. The molecule has 0 saturated carbocycles. The monoisotopic (exact) mass is 560 g/mol. The maximum atomic E-state index is 13.1. The zero-order valence-corrected chi connectivity index (χ0v) is 23.7. The largest absolute Gasteiger partial charge is 0.462 e. The van der Waals surface area contributed by atoms with Gasteiger partial charge in [0.05, 0.1) is 24.3 Å². The number of nitrogens with one attached hydrogen (secondary N) is 1. The minimum Gasteiger partial charge on any atom is -0.462 e. The molecule has 0 saturated heterocycles. The molecule has 2 heterocycles. The summed E-state index contributed by atoms with van der Waals surface area (Å²) in [6.07, 6.45) is 5.65. The molecule has 0 spiro atoms. The SMILES string of the molecule is CCCCOC(=O)c1ccc(-c2ccc(/C=C(\C#N)C(=O)Nc3sc4c(c3C(=O)OCC)CCC(C)C4)o2)cc1. The zero-order valence-electron chi connectivity index (χ0n) is 22.9. The number of carbonyl (C=O) groups is 3. The lowest BCUT2D eigenvalue weighted by molar-refractivity contribution is -0.112. The standard InChI is InChI=1S/C31H32N2O6S/c1-4-6-15-38-30(35)21-10-8-20(9-11-21)25-14-12-23(39-25)17-22(18-32)28(34)33-29-27(31(36)37-5-2)24-13-7-19(3)16-26(24)40-29/h8-12,14,17,19H,4-7,13,15-16H2,1-3H3,(H,33,34)/b22-17+. The van der Waals surface area contributed by atoms with Crippen LogP contribution < -0.4 is 5.32 Å². The molecule has 1 amide bonds. The maximum Gasteiger partial charge on any atom is 0.341 e. The third-order valence-electron chi connectivity index (χ3n) is 6.63. The molecule has 1 aliphatic rings. The number of furan rings is 1. The number of amides is 1. The molecule has 1 aromatic carbocycles. The Balaban J connectivity index is 1.50. The first-order chi connectivity index (χ1) is 19.3. The van der Waals surface area contributed by atoms with Gasteiger partial charge in [0, 0.05) is 16.5 Å². The van der Waals surface area contributed by atoms with Gasteiger partial charge in [-0.1, -0.05) is 32.4 Å². The van der Waals surface area contributed by atoms with E-state index in [1.165, 1.54) is 17.4 Å². The van der Waals surface area contributed by atoms with E-state index in [-0.39, 0.29) is 18.1 Å². The number of rotatable bonds is 10. The molecular weight excluding hydrogens is 528 g/mol. The van der Waals surface area contributed by atoms with Crippen LogP contribution in [0.4, 0.5) is 5.00 Å². The van der Waals surface area contributed by atoms with E-state index in [9.17, 15) is 19.6 Å². The minimum atomic E-state index is -0.636. The number of benzene rings is 1. The number of unbranched alkanes of at least 4 members (excludes halogenated alkanes) is 1. The molecule has 208 valence electrons. The van der Waals surface area contributed by atoms with Gasteiger partial charge in [0.1, 0.15) is 28.2 Å². The molecule has 1 atom stereocenters. The molecule has 2 aromatic heterocycles. The summed E-state index contributed by atoms with van der Waals surface area (Å²) in [5.74, 6) is -0.163. The molecule has 4 rings (SSSR count). The first-order valence-corrected chi connectivity index (χ1v) is 14.3. The van der Waals surface area contributed by atoms with Crippen molar-refractivity contribution in [1.29, 1.82) is 5.26 Å². The Kier molecular flexibility index (Phi) is 9.56. The van der Waals surface area contributed by atoms with Gasteiger partial charge in [0.2, 0.25) is 0 Å². The summed E-state index contributed by atoms with van der Waals surface area (Å²) >= 11 is 1.37. The number of thiophene rings is 1. The fourth-order valence-corrected chi connectivity index (χ4v) is 5.86. The van der Waals surface area contributed by atoms with E-state index < -0.39 is 11.9 Å². The number of carbonyl (C=O) groups excluding carboxylic acids is 3. The second-order valence-electron chi connectivity index (χ2n) is 9.67. The fourth-order valence-electron chi connectivity index (χ4n) is 4.47. The third kappa shape index (κ3) is 6.69. The van der Waals surface area contributed by atoms with Crippen LogP contribution in [0.5, 0.6) is 0 Å². The Morgan fingerprint density at radius 3 is 2.60 bits per heavy atom. The Bertz CT molecular complexity index is 1460. The van der Waals surface area contributed by atoms with Crippen molar-refractivity contribution >= 4 is 40.3 Å². The number of hydrogen-bond donors (Lipinski definition) is 1. The highest BCUT2D eigenvalue weighted by Crippen LogP contribution is 2.40. The molecule has 1 N–H and O–H groups in total. The van der Waals surface area contributed by atoms with Crippen LogP contribution in [0.15, 0.2) is 46.4 Å². The lowest BCUT2D eigenvalue weighted by Crippen LogP contribution is -2.17. The van der Waals surface area contributed by atoms with Crippen LogP contribution in [0.2, 0.25) is 0 Å². The van der Waals surface area contributed by atoms with Crippen LogP contribution in [0.1, 0.15) is 77.0 Å². The van der Waals surface area contributed by atoms with Crippen molar-refractivity contribution in [2.24, 2.45) is 5.92 Å². The van der Waals surface area contributed by atoms with Crippen LogP contribution in [0.3, 0.4) is 0 Å². The zero-order chi connectivity index (χ0) is 28.6. The maximum absolute atomic E-state index is 13.1. The fraction of sp³-hybridized carbons (Fsp3) is 0.355. The Morgan fingerprint density at radius 2 is 1.90 bits per heavy atom. The molecule has 0 radical (unpaired) electrons. The van der Waals surface area contributed by atoms with E-state index in [1.54, 1.807) is 43.3 Å². The van der Waals surface area contributed by atoms with E-state index >= 15 is 0 Å². The van der Waals surface area contributed by atoms with Crippen molar-refractivity contribution in [3.63, 3.8) is 0 Å². The average molecular weight is 561 g/mol. The molecular formula is C31H32N2O6S. The van der Waals surface area contributed by atoms with Crippen molar-refractivity contribution in [2.75, 3.05) is 18.5 Å². The normalized spacial score (nSPS) is 14.7. The first kappa shape index (κ1) is 28.8. The molecule has 1 aliphatic carbocycles. The lowest BCUT2D eigenvalue weighted by Gasteiger charge is -2.18. The highest BCUT2D eigenvalue weighted by Gasteiger charge is 2.29. The van der Waals surface area contributed by atoms with Crippen molar-refractivity contribution in [2.45, 2.75) is 52.9 Å². The van der Waals surface area contributed by atoms with Crippen molar-refractivity contribution in [3.8, 4) is 17.4 Å². The number of ether oxygens (including phenoxy) is 2. The van der Waals surface area contributed by atoms with E-state index in [0.29, 0.717) is 40.2 Å². The van der Waals surface area contributed by atoms with Gasteiger partial charge in [-0.3, -0.25) is 4.79 Å². The van der Waals surface area contributed by atoms with Crippen LogP contribution >= 0.6 is 11.3 Å². The smallest absolute Gasteiger partial charge is 0.341 e. The van der Waals surface area contributed by atoms with E-state index in [1.807, 2.05) is 13.0 Å². The molecule has 8 nitrogen and oxygen atoms in total. The number of nitriles is 1. The van der Waals surface area contributed by atoms with Gasteiger partial charge in [-0.25, -0.2) is 9.59 Å². The van der Waals surface area contributed by atoms with E-state index in [4.69, 9.17) is 13.9 Å². The highest BCUT2D eigenvalue weighted by molar-refractivity contribution is 7.17. The number of anilines is 1. The van der Waals surface area contributed by atoms with Gasteiger partial charge in [0.25, 0.3) is 5.91 Å². The topological polar surface area (TPSA) is 119 Å². The van der Waals surface area contributed by atoms with Crippen LogP contribution in [0, 0.1) is 17.2 Å². The second-order valence-corrected chi connectivity index (χ2v) is 10.8. The summed E-state index contributed by atoms with van der Waals surface area (Å²) in [5, 5.41) is 12.9.